The average Bonchev–Trinajstić information content (AvgIpc) is 2.59. The first kappa shape index (κ1) is 17.6. The van der Waals surface area contributed by atoms with Crippen LogP contribution in [0.25, 0.3) is 6.08 Å². The molecule has 0 fully saturated rings. The molecule has 0 amide bonds. The van der Waals surface area contributed by atoms with Crippen LogP contribution >= 0.6 is 0 Å². The van der Waals surface area contributed by atoms with E-state index in [9.17, 15) is 18.5 Å². The van der Waals surface area contributed by atoms with Gasteiger partial charge in [-0.1, -0.05) is 42.5 Å². The Balaban J connectivity index is 2.15. The summed E-state index contributed by atoms with van der Waals surface area (Å²) in [6, 6.07) is 13.4. The molecule has 0 saturated carbocycles. The molecule has 0 bridgehead atoms. The monoisotopic (exact) mass is 347 g/mol. The molecule has 0 atom stereocenters. The van der Waals surface area contributed by atoms with Crippen LogP contribution in [-0.2, 0) is 10.0 Å². The Morgan fingerprint density at radius 1 is 1.17 bits per heavy atom. The zero-order valence-corrected chi connectivity index (χ0v) is 13.8. The fourth-order valence-corrected chi connectivity index (χ4v) is 2.77. The van der Waals surface area contributed by atoms with Gasteiger partial charge in [0.1, 0.15) is 5.69 Å². The van der Waals surface area contributed by atoms with Crippen molar-refractivity contribution in [3.8, 4) is 0 Å². The summed E-state index contributed by atoms with van der Waals surface area (Å²) >= 11 is 0. The first-order valence-electron chi connectivity index (χ1n) is 7.11. The normalized spacial score (nSPS) is 11.5. The van der Waals surface area contributed by atoms with Crippen LogP contribution in [0, 0.1) is 10.1 Å². The van der Waals surface area contributed by atoms with Gasteiger partial charge in [-0.2, -0.15) is 0 Å². The van der Waals surface area contributed by atoms with Crippen LogP contribution in [0.2, 0.25) is 0 Å². The molecule has 0 aliphatic carbocycles. The average molecular weight is 347 g/mol. The van der Waals surface area contributed by atoms with E-state index in [0.717, 1.165) is 11.6 Å². The number of benzene rings is 2. The second-order valence-corrected chi connectivity index (χ2v) is 6.72. The van der Waals surface area contributed by atoms with Crippen molar-refractivity contribution >= 4 is 27.5 Å². The summed E-state index contributed by atoms with van der Waals surface area (Å²) in [5.74, 6) is 0. The lowest BCUT2D eigenvalue weighted by Crippen LogP contribution is -2.18. The van der Waals surface area contributed by atoms with E-state index in [4.69, 9.17) is 0 Å². The quantitative estimate of drug-likeness (QED) is 0.592. The maximum atomic E-state index is 11.7. The highest BCUT2D eigenvalue weighted by Gasteiger charge is 2.19. The predicted octanol–water partition coefficient (Wildman–Crippen LogP) is 2.63. The van der Waals surface area contributed by atoms with Crippen LogP contribution in [0.3, 0.4) is 0 Å². The molecule has 2 aromatic carbocycles. The third kappa shape index (κ3) is 4.40. The molecule has 24 heavy (non-hydrogen) atoms. The summed E-state index contributed by atoms with van der Waals surface area (Å²) < 4.78 is 25.6. The highest BCUT2D eigenvalue weighted by Crippen LogP contribution is 2.27. The Morgan fingerprint density at radius 3 is 2.50 bits per heavy atom. The number of rotatable bonds is 7. The topological polar surface area (TPSA) is 101 Å². The van der Waals surface area contributed by atoms with Gasteiger partial charge in [0.15, 0.2) is 0 Å². The third-order valence-corrected chi connectivity index (χ3v) is 4.68. The smallest absolute Gasteiger partial charge is 0.293 e. The van der Waals surface area contributed by atoms with Crippen LogP contribution in [0.1, 0.15) is 5.56 Å². The summed E-state index contributed by atoms with van der Waals surface area (Å²) in [5, 5.41) is 14.1. The van der Waals surface area contributed by atoms with E-state index in [2.05, 4.69) is 10.0 Å². The molecule has 7 nitrogen and oxygen atoms in total. The Hall–Kier alpha value is -2.71. The molecular formula is C16H17N3O4S. The number of anilines is 1. The minimum atomic E-state index is -3.73. The lowest BCUT2D eigenvalue weighted by Gasteiger charge is -2.07. The van der Waals surface area contributed by atoms with Crippen molar-refractivity contribution in [2.75, 3.05) is 18.9 Å². The van der Waals surface area contributed by atoms with Gasteiger partial charge in [0.05, 0.1) is 9.82 Å². The molecule has 0 aliphatic rings. The van der Waals surface area contributed by atoms with Crippen LogP contribution in [-0.4, -0.2) is 26.9 Å². The lowest BCUT2D eigenvalue weighted by atomic mass is 10.2. The third-order valence-electron chi connectivity index (χ3n) is 3.27. The van der Waals surface area contributed by atoms with Gasteiger partial charge in [-0.05, 0) is 24.7 Å². The predicted molar refractivity (Wildman–Crippen MR) is 93.3 cm³/mol. The minimum Gasteiger partial charge on any atom is -0.376 e. The van der Waals surface area contributed by atoms with E-state index in [1.54, 1.807) is 0 Å². The summed E-state index contributed by atoms with van der Waals surface area (Å²) in [7, 11) is -2.48. The summed E-state index contributed by atoms with van der Waals surface area (Å²) in [6.45, 7) is 0.369. The van der Waals surface area contributed by atoms with E-state index >= 15 is 0 Å². The SMILES string of the molecule is CNS(=O)(=O)c1ccc(NC/C=C/c2ccccc2)c([N+](=O)[O-])c1. The van der Waals surface area contributed by atoms with E-state index in [1.807, 2.05) is 42.5 Å². The van der Waals surface area contributed by atoms with Gasteiger partial charge in [0.25, 0.3) is 5.69 Å². The van der Waals surface area contributed by atoms with Crippen molar-refractivity contribution in [2.45, 2.75) is 4.90 Å². The molecule has 0 heterocycles. The van der Waals surface area contributed by atoms with Crippen LogP contribution in [0.4, 0.5) is 11.4 Å². The highest BCUT2D eigenvalue weighted by molar-refractivity contribution is 7.89. The maximum absolute atomic E-state index is 11.7. The van der Waals surface area contributed by atoms with E-state index < -0.39 is 14.9 Å². The fourth-order valence-electron chi connectivity index (χ4n) is 2.03. The van der Waals surface area contributed by atoms with Gasteiger partial charge in [-0.25, -0.2) is 13.1 Å². The number of sulfonamides is 1. The molecule has 0 saturated heterocycles. The van der Waals surface area contributed by atoms with Crippen molar-refractivity contribution in [3.63, 3.8) is 0 Å². The number of nitrogens with zero attached hydrogens (tertiary/aromatic N) is 1. The lowest BCUT2D eigenvalue weighted by molar-refractivity contribution is -0.384. The molecule has 0 aliphatic heterocycles. The van der Waals surface area contributed by atoms with Gasteiger partial charge in [0.2, 0.25) is 10.0 Å². The van der Waals surface area contributed by atoms with Gasteiger partial charge in [-0.3, -0.25) is 10.1 Å². The fraction of sp³-hybridized carbons (Fsp3) is 0.125. The Bertz CT molecular complexity index is 849. The van der Waals surface area contributed by atoms with Gasteiger partial charge < -0.3 is 5.32 Å². The maximum Gasteiger partial charge on any atom is 0.293 e. The number of nitro benzene ring substituents is 1. The zero-order valence-electron chi connectivity index (χ0n) is 13.0. The summed E-state index contributed by atoms with van der Waals surface area (Å²) in [4.78, 5) is 10.4. The highest BCUT2D eigenvalue weighted by atomic mass is 32.2. The molecule has 2 aromatic rings. The van der Waals surface area contributed by atoms with Crippen LogP contribution in [0.5, 0.6) is 0 Å². The number of hydrogen-bond donors (Lipinski definition) is 2. The number of nitro groups is 1. The van der Waals surface area contributed by atoms with Gasteiger partial charge in [0, 0.05) is 12.6 Å². The molecule has 0 unspecified atom stereocenters. The Morgan fingerprint density at radius 2 is 1.88 bits per heavy atom. The van der Waals surface area contributed by atoms with Crippen molar-refractivity contribution in [3.05, 3.63) is 70.3 Å². The Labute approximate surface area is 140 Å². The van der Waals surface area contributed by atoms with Crippen molar-refractivity contribution in [1.82, 2.24) is 4.72 Å². The molecular weight excluding hydrogens is 330 g/mol. The Kier molecular flexibility index (Phi) is 5.67. The van der Waals surface area contributed by atoms with Crippen molar-refractivity contribution in [2.24, 2.45) is 0 Å². The second kappa shape index (κ2) is 7.71. The summed E-state index contributed by atoms with van der Waals surface area (Å²) in [5.41, 5.74) is 0.983. The van der Waals surface area contributed by atoms with Crippen LogP contribution in [0.15, 0.2) is 59.5 Å². The first-order valence-corrected chi connectivity index (χ1v) is 8.60. The minimum absolute atomic E-state index is 0.151. The van der Waals surface area contributed by atoms with Crippen molar-refractivity contribution in [1.29, 1.82) is 0 Å². The molecule has 2 rings (SSSR count). The molecule has 2 N–H and O–H groups in total. The molecule has 0 spiro atoms. The molecule has 8 heteroatoms. The van der Waals surface area contributed by atoms with Crippen molar-refractivity contribution < 1.29 is 13.3 Å². The van der Waals surface area contributed by atoms with Crippen LogP contribution < -0.4 is 10.0 Å². The standard InChI is InChI=1S/C16H17N3O4S/c1-17-24(22,23)14-9-10-15(16(12-14)19(20)21)18-11-5-8-13-6-3-2-4-7-13/h2-10,12,17-18H,11H2,1H3/b8-5+. The molecule has 126 valence electrons. The summed E-state index contributed by atoms with van der Waals surface area (Å²) in [6.07, 6.45) is 3.72. The van der Waals surface area contributed by atoms with E-state index in [1.165, 1.54) is 19.2 Å². The number of nitrogens with one attached hydrogen (secondary N) is 2. The molecule has 0 aromatic heterocycles. The van der Waals surface area contributed by atoms with E-state index in [-0.39, 0.29) is 16.3 Å². The molecule has 0 radical (unpaired) electrons. The zero-order chi connectivity index (χ0) is 17.6. The first-order chi connectivity index (χ1) is 11.4. The van der Waals surface area contributed by atoms with Gasteiger partial charge in [-0.15, -0.1) is 0 Å². The number of hydrogen-bond acceptors (Lipinski definition) is 5. The largest absolute Gasteiger partial charge is 0.376 e. The van der Waals surface area contributed by atoms with E-state index in [0.29, 0.717) is 6.54 Å². The second-order valence-electron chi connectivity index (χ2n) is 4.84. The van der Waals surface area contributed by atoms with Gasteiger partial charge >= 0.3 is 0 Å².